The summed E-state index contributed by atoms with van der Waals surface area (Å²) in [7, 11) is 0. The summed E-state index contributed by atoms with van der Waals surface area (Å²) in [6, 6.07) is 4.56. The van der Waals surface area contributed by atoms with Crippen molar-refractivity contribution in [2.24, 2.45) is 0 Å². The van der Waals surface area contributed by atoms with E-state index in [-0.39, 0.29) is 5.82 Å². The molecule has 1 aliphatic heterocycles. The smallest absolute Gasteiger partial charge is 0.144 e. The molecule has 0 spiro atoms. The molecule has 116 valence electrons. The maximum absolute atomic E-state index is 13.3. The number of aromatic nitrogens is 2. The summed E-state index contributed by atoms with van der Waals surface area (Å²) in [6.07, 6.45) is 0. The minimum atomic E-state index is -0.265. The predicted molar refractivity (Wildman–Crippen MR) is 85.3 cm³/mol. The van der Waals surface area contributed by atoms with Crippen molar-refractivity contribution in [2.75, 3.05) is 6.61 Å². The Morgan fingerprint density at radius 1 is 1.14 bits per heavy atom. The van der Waals surface area contributed by atoms with Crippen LogP contribution < -0.4 is 4.74 Å². The quantitative estimate of drug-likeness (QED) is 0.700. The molecule has 0 saturated heterocycles. The van der Waals surface area contributed by atoms with Crippen molar-refractivity contribution in [1.29, 1.82) is 0 Å². The highest BCUT2D eigenvalue weighted by Gasteiger charge is 2.20. The highest BCUT2D eigenvalue weighted by atomic mass is 19.1. The molecule has 0 saturated carbocycles. The Balaban J connectivity index is 0.000000510. The number of hydrogen-bond donors (Lipinski definition) is 0. The van der Waals surface area contributed by atoms with Crippen LogP contribution in [0.2, 0.25) is 0 Å². The van der Waals surface area contributed by atoms with Gasteiger partial charge in [0.05, 0.1) is 17.8 Å². The van der Waals surface area contributed by atoms with Crippen LogP contribution >= 0.6 is 0 Å². The van der Waals surface area contributed by atoms with Gasteiger partial charge in [-0.3, -0.25) is 0 Å². The fourth-order valence-electron chi connectivity index (χ4n) is 2.18. The summed E-state index contributed by atoms with van der Waals surface area (Å²) in [5.74, 6) is 1.24. The van der Waals surface area contributed by atoms with Gasteiger partial charge in [-0.25, -0.2) is 9.37 Å². The van der Waals surface area contributed by atoms with E-state index in [1.165, 1.54) is 12.1 Å². The van der Waals surface area contributed by atoms with Crippen LogP contribution in [0.4, 0.5) is 4.39 Å². The average molecular weight is 292 g/mol. The normalized spacial score (nSPS) is 11.6. The Hall–Kier alpha value is -1.84. The summed E-state index contributed by atoms with van der Waals surface area (Å²) < 4.78 is 21.0. The predicted octanol–water partition coefficient (Wildman–Crippen LogP) is 4.75. The van der Waals surface area contributed by atoms with Crippen LogP contribution in [0, 0.1) is 19.7 Å². The Labute approximate surface area is 126 Å². The molecule has 3 rings (SSSR count). The third kappa shape index (κ3) is 3.43. The second-order valence-electron chi connectivity index (χ2n) is 4.25. The first-order valence-corrected chi connectivity index (χ1v) is 7.63. The summed E-state index contributed by atoms with van der Waals surface area (Å²) in [4.78, 5) is 4.51. The first-order chi connectivity index (χ1) is 10.2. The molecule has 4 heteroatoms. The molecule has 1 aromatic heterocycles. The van der Waals surface area contributed by atoms with Gasteiger partial charge in [0.1, 0.15) is 24.0 Å². The monoisotopic (exact) mass is 292 g/mol. The van der Waals surface area contributed by atoms with Gasteiger partial charge in [-0.15, -0.1) is 0 Å². The number of hydrogen-bond acceptors (Lipinski definition) is 2. The van der Waals surface area contributed by atoms with Gasteiger partial charge in [0.25, 0.3) is 0 Å². The molecule has 1 aromatic carbocycles. The lowest BCUT2D eigenvalue weighted by atomic mass is 10.2. The van der Waals surface area contributed by atoms with Gasteiger partial charge in [-0.05, 0) is 32.0 Å². The number of imidazole rings is 1. The molecule has 1 aliphatic rings. The van der Waals surface area contributed by atoms with E-state index < -0.39 is 0 Å². The van der Waals surface area contributed by atoms with Crippen molar-refractivity contribution >= 4 is 0 Å². The highest BCUT2D eigenvalue weighted by molar-refractivity contribution is 5.66. The van der Waals surface area contributed by atoms with E-state index in [9.17, 15) is 4.39 Å². The molecule has 0 atom stereocenters. The standard InChI is InChI=1S/C13H13FN2O.2C2H6/c1-8-9(2)16-5-6-17-12-4-3-10(14)7-11(12)13(16)15-8;2*1-2/h3-4,7H,5-6H2,1-2H3;2*1-2H3. The zero-order valence-electron chi connectivity index (χ0n) is 13.8. The zero-order chi connectivity index (χ0) is 16.0. The van der Waals surface area contributed by atoms with Gasteiger partial charge in [-0.2, -0.15) is 0 Å². The molecule has 0 bridgehead atoms. The van der Waals surface area contributed by atoms with Gasteiger partial charge in [0, 0.05) is 5.69 Å². The Kier molecular flexibility index (Phi) is 6.40. The lowest BCUT2D eigenvalue weighted by molar-refractivity contribution is 0.305. The molecule has 0 N–H and O–H groups in total. The molecule has 0 unspecified atom stereocenters. The van der Waals surface area contributed by atoms with Crippen molar-refractivity contribution in [1.82, 2.24) is 9.55 Å². The Morgan fingerprint density at radius 3 is 2.48 bits per heavy atom. The molecule has 2 aromatic rings. The fraction of sp³-hybridized carbons (Fsp3) is 0.471. The van der Waals surface area contributed by atoms with Crippen molar-refractivity contribution in [3.63, 3.8) is 0 Å². The number of benzene rings is 1. The molecule has 2 heterocycles. The first-order valence-electron chi connectivity index (χ1n) is 7.63. The van der Waals surface area contributed by atoms with Crippen LogP contribution in [0.1, 0.15) is 39.1 Å². The van der Waals surface area contributed by atoms with Crippen molar-refractivity contribution in [2.45, 2.75) is 48.1 Å². The minimum Gasteiger partial charge on any atom is -0.491 e. The second-order valence-corrected chi connectivity index (χ2v) is 4.25. The van der Waals surface area contributed by atoms with E-state index >= 15 is 0 Å². The third-order valence-corrected chi connectivity index (χ3v) is 3.21. The summed E-state index contributed by atoms with van der Waals surface area (Å²) in [5, 5.41) is 0. The number of halogens is 1. The topological polar surface area (TPSA) is 27.1 Å². The van der Waals surface area contributed by atoms with E-state index in [4.69, 9.17) is 4.74 Å². The lowest BCUT2D eigenvalue weighted by Gasteiger charge is -2.05. The largest absolute Gasteiger partial charge is 0.491 e. The van der Waals surface area contributed by atoms with Crippen molar-refractivity contribution in [3.05, 3.63) is 35.4 Å². The van der Waals surface area contributed by atoms with Crippen LogP contribution in [0.15, 0.2) is 18.2 Å². The Bertz CT molecular complexity index is 591. The van der Waals surface area contributed by atoms with Gasteiger partial charge < -0.3 is 9.30 Å². The number of fused-ring (bicyclic) bond motifs is 3. The van der Waals surface area contributed by atoms with E-state index in [1.807, 2.05) is 41.5 Å². The van der Waals surface area contributed by atoms with Crippen LogP contribution in [0.25, 0.3) is 11.4 Å². The number of nitrogens with zero attached hydrogens (tertiary/aromatic N) is 2. The maximum atomic E-state index is 13.3. The summed E-state index contributed by atoms with van der Waals surface area (Å²) in [6.45, 7) is 13.3. The van der Waals surface area contributed by atoms with E-state index in [0.717, 1.165) is 29.3 Å². The van der Waals surface area contributed by atoms with E-state index in [0.29, 0.717) is 12.4 Å². The van der Waals surface area contributed by atoms with Crippen LogP contribution in [-0.4, -0.2) is 16.2 Å². The average Bonchev–Trinajstić information content (AvgIpc) is 2.70. The van der Waals surface area contributed by atoms with Crippen molar-refractivity contribution < 1.29 is 9.13 Å². The third-order valence-electron chi connectivity index (χ3n) is 3.21. The molecular formula is C17H25FN2O. The zero-order valence-corrected chi connectivity index (χ0v) is 13.8. The maximum Gasteiger partial charge on any atom is 0.144 e. The number of aryl methyl sites for hydroxylation is 1. The van der Waals surface area contributed by atoms with Gasteiger partial charge in [0.2, 0.25) is 0 Å². The molecule has 0 aliphatic carbocycles. The van der Waals surface area contributed by atoms with E-state index in [1.54, 1.807) is 6.07 Å². The van der Waals surface area contributed by atoms with E-state index in [2.05, 4.69) is 9.55 Å². The number of rotatable bonds is 0. The molecule has 21 heavy (non-hydrogen) atoms. The second kappa shape index (κ2) is 7.81. The van der Waals surface area contributed by atoms with Crippen LogP contribution in [-0.2, 0) is 6.54 Å². The Morgan fingerprint density at radius 2 is 1.81 bits per heavy atom. The van der Waals surface area contributed by atoms with Crippen LogP contribution in [0.3, 0.4) is 0 Å². The van der Waals surface area contributed by atoms with Crippen LogP contribution in [0.5, 0.6) is 5.75 Å². The van der Waals surface area contributed by atoms with Crippen molar-refractivity contribution in [3.8, 4) is 17.1 Å². The highest BCUT2D eigenvalue weighted by Crippen LogP contribution is 2.33. The van der Waals surface area contributed by atoms with Gasteiger partial charge in [0.15, 0.2) is 0 Å². The minimum absolute atomic E-state index is 0.265. The molecule has 3 nitrogen and oxygen atoms in total. The fourth-order valence-corrected chi connectivity index (χ4v) is 2.18. The first kappa shape index (κ1) is 17.2. The molecule has 0 radical (unpaired) electrons. The van der Waals surface area contributed by atoms with Gasteiger partial charge in [-0.1, -0.05) is 27.7 Å². The SMILES string of the molecule is CC.CC.Cc1nc2n(c1C)CCOc1ccc(F)cc1-2. The van der Waals surface area contributed by atoms with Gasteiger partial charge >= 0.3 is 0 Å². The lowest BCUT2D eigenvalue weighted by Crippen LogP contribution is -2.07. The summed E-state index contributed by atoms with van der Waals surface area (Å²) >= 11 is 0. The molecule has 0 amide bonds. The molecule has 0 fully saturated rings. The number of ether oxygens (including phenoxy) is 1. The summed E-state index contributed by atoms with van der Waals surface area (Å²) in [5.41, 5.74) is 2.83. The molecular weight excluding hydrogens is 267 g/mol.